The van der Waals surface area contributed by atoms with E-state index in [-0.39, 0.29) is 6.42 Å². The molecule has 1 N–H and O–H groups in total. The van der Waals surface area contributed by atoms with Gasteiger partial charge in [0.05, 0.1) is 13.5 Å². The summed E-state index contributed by atoms with van der Waals surface area (Å²) in [6.07, 6.45) is -0.816. The molecule has 0 aliphatic rings. The van der Waals surface area contributed by atoms with Gasteiger partial charge in [-0.2, -0.15) is 0 Å². The Bertz CT molecular complexity index is 698. The van der Waals surface area contributed by atoms with Crippen LogP contribution in [0.4, 0.5) is 5.69 Å². The molecule has 6 heteroatoms. The lowest BCUT2D eigenvalue weighted by Gasteiger charge is -2.14. The number of carbonyl (C=O) groups is 2. The first kappa shape index (κ1) is 17.8. The highest BCUT2D eigenvalue weighted by Crippen LogP contribution is 2.15. The largest absolute Gasteiger partial charge is 0.497 e. The van der Waals surface area contributed by atoms with Crippen molar-refractivity contribution in [1.29, 1.82) is 0 Å². The van der Waals surface area contributed by atoms with Gasteiger partial charge in [0.1, 0.15) is 5.75 Å². The molecular weight excluding hydrogens is 330 g/mol. The third-order valence-corrected chi connectivity index (χ3v) is 3.55. The number of benzene rings is 2. The zero-order valence-electron chi connectivity index (χ0n) is 13.4. The second kappa shape index (κ2) is 8.36. The van der Waals surface area contributed by atoms with Gasteiger partial charge in [0.25, 0.3) is 5.91 Å². The van der Waals surface area contributed by atoms with Crippen LogP contribution in [0.15, 0.2) is 48.5 Å². The Hall–Kier alpha value is -2.53. The molecule has 0 aromatic heterocycles. The van der Waals surface area contributed by atoms with Crippen LogP contribution in [0.5, 0.6) is 5.75 Å². The molecule has 0 heterocycles. The molecule has 2 aromatic carbocycles. The van der Waals surface area contributed by atoms with Crippen molar-refractivity contribution in [2.75, 3.05) is 12.4 Å². The van der Waals surface area contributed by atoms with Gasteiger partial charge in [-0.25, -0.2) is 0 Å². The fourth-order valence-corrected chi connectivity index (χ4v) is 2.11. The van der Waals surface area contributed by atoms with Crippen molar-refractivity contribution in [1.82, 2.24) is 0 Å². The Labute approximate surface area is 145 Å². The average Bonchev–Trinajstić information content (AvgIpc) is 2.57. The first-order chi connectivity index (χ1) is 11.5. The lowest BCUT2D eigenvalue weighted by Crippen LogP contribution is -2.30. The molecule has 0 aliphatic carbocycles. The number of amides is 1. The number of rotatable bonds is 6. The van der Waals surface area contributed by atoms with Crippen LogP contribution in [0.2, 0.25) is 5.02 Å². The maximum absolute atomic E-state index is 12.1. The predicted molar refractivity (Wildman–Crippen MR) is 92.3 cm³/mol. The minimum Gasteiger partial charge on any atom is -0.497 e. The van der Waals surface area contributed by atoms with Crippen molar-refractivity contribution >= 4 is 29.2 Å². The molecular formula is C18H18ClNO4. The fourth-order valence-electron chi connectivity index (χ4n) is 1.98. The minimum absolute atomic E-state index is 0.0807. The van der Waals surface area contributed by atoms with Crippen molar-refractivity contribution in [2.24, 2.45) is 0 Å². The van der Waals surface area contributed by atoms with E-state index in [4.69, 9.17) is 21.1 Å². The molecule has 2 aromatic rings. The summed E-state index contributed by atoms with van der Waals surface area (Å²) < 4.78 is 10.2. The van der Waals surface area contributed by atoms with E-state index in [1.807, 2.05) is 0 Å². The number of esters is 1. The standard InChI is InChI=1S/C18H18ClNO4/c1-12(18(22)20-15-7-9-16(23-2)10-8-15)24-17(21)11-13-3-5-14(19)6-4-13/h3-10,12H,11H2,1-2H3,(H,20,22)/t12-/m0/s1. The first-order valence-corrected chi connectivity index (χ1v) is 7.74. The summed E-state index contributed by atoms with van der Waals surface area (Å²) in [5.41, 5.74) is 1.37. The maximum Gasteiger partial charge on any atom is 0.311 e. The molecule has 0 fully saturated rings. The molecule has 126 valence electrons. The topological polar surface area (TPSA) is 64.6 Å². The van der Waals surface area contributed by atoms with Crippen LogP contribution < -0.4 is 10.1 Å². The summed E-state index contributed by atoms with van der Waals surface area (Å²) in [5, 5.41) is 3.28. The van der Waals surface area contributed by atoms with Crippen LogP contribution in [0.1, 0.15) is 12.5 Å². The molecule has 0 saturated heterocycles. The molecule has 2 rings (SSSR count). The summed E-state index contributed by atoms with van der Waals surface area (Å²) in [5.74, 6) is -0.185. The Morgan fingerprint density at radius 3 is 2.29 bits per heavy atom. The molecule has 0 saturated carbocycles. The van der Waals surface area contributed by atoms with Crippen molar-refractivity contribution in [3.63, 3.8) is 0 Å². The van der Waals surface area contributed by atoms with Gasteiger partial charge in [-0.3, -0.25) is 9.59 Å². The highest BCUT2D eigenvalue weighted by molar-refractivity contribution is 6.30. The van der Waals surface area contributed by atoms with E-state index in [2.05, 4.69) is 5.32 Å². The predicted octanol–water partition coefficient (Wildman–Crippen LogP) is 3.46. The minimum atomic E-state index is -0.896. The Kier molecular flexibility index (Phi) is 6.21. The zero-order valence-corrected chi connectivity index (χ0v) is 14.2. The van der Waals surface area contributed by atoms with Gasteiger partial charge in [0, 0.05) is 10.7 Å². The number of nitrogens with one attached hydrogen (secondary N) is 1. The third-order valence-electron chi connectivity index (χ3n) is 3.30. The molecule has 0 radical (unpaired) electrons. The number of hydrogen-bond acceptors (Lipinski definition) is 4. The van der Waals surface area contributed by atoms with Gasteiger partial charge in [-0.15, -0.1) is 0 Å². The lowest BCUT2D eigenvalue weighted by molar-refractivity contribution is -0.152. The second-order valence-corrected chi connectivity index (χ2v) is 5.59. The van der Waals surface area contributed by atoms with Gasteiger partial charge < -0.3 is 14.8 Å². The van der Waals surface area contributed by atoms with Crippen molar-refractivity contribution < 1.29 is 19.1 Å². The lowest BCUT2D eigenvalue weighted by atomic mass is 10.1. The molecule has 1 amide bonds. The van der Waals surface area contributed by atoms with E-state index in [1.54, 1.807) is 55.6 Å². The molecule has 0 spiro atoms. The van der Waals surface area contributed by atoms with Gasteiger partial charge in [0.15, 0.2) is 6.10 Å². The van der Waals surface area contributed by atoms with Crippen LogP contribution in [0.25, 0.3) is 0 Å². The second-order valence-electron chi connectivity index (χ2n) is 5.15. The fraction of sp³-hybridized carbons (Fsp3) is 0.222. The molecule has 1 atom stereocenters. The molecule has 0 unspecified atom stereocenters. The molecule has 5 nitrogen and oxygen atoms in total. The zero-order chi connectivity index (χ0) is 17.5. The monoisotopic (exact) mass is 347 g/mol. The summed E-state index contributed by atoms with van der Waals surface area (Å²) in [7, 11) is 1.57. The first-order valence-electron chi connectivity index (χ1n) is 7.37. The van der Waals surface area contributed by atoms with E-state index < -0.39 is 18.0 Å². The molecule has 24 heavy (non-hydrogen) atoms. The van der Waals surface area contributed by atoms with Gasteiger partial charge in [-0.05, 0) is 48.9 Å². The SMILES string of the molecule is COc1ccc(NC(=O)[C@H](C)OC(=O)Cc2ccc(Cl)cc2)cc1. The summed E-state index contributed by atoms with van der Waals surface area (Å²) in [6.45, 7) is 1.53. The maximum atomic E-state index is 12.1. The Morgan fingerprint density at radius 2 is 1.71 bits per heavy atom. The number of carbonyl (C=O) groups excluding carboxylic acids is 2. The molecule has 0 bridgehead atoms. The van der Waals surface area contributed by atoms with Crippen molar-refractivity contribution in [3.8, 4) is 5.75 Å². The van der Waals surface area contributed by atoms with Gasteiger partial charge in [0.2, 0.25) is 0 Å². The quantitative estimate of drug-likeness (QED) is 0.813. The van der Waals surface area contributed by atoms with Crippen LogP contribution >= 0.6 is 11.6 Å². The van der Waals surface area contributed by atoms with Crippen LogP contribution in [-0.2, 0) is 20.7 Å². The highest BCUT2D eigenvalue weighted by Gasteiger charge is 2.18. The summed E-state index contributed by atoms with van der Waals surface area (Å²) >= 11 is 5.79. The number of ether oxygens (including phenoxy) is 2. The van der Waals surface area contributed by atoms with E-state index in [0.717, 1.165) is 5.56 Å². The number of anilines is 1. The Balaban J connectivity index is 1.85. The Morgan fingerprint density at radius 1 is 1.08 bits per heavy atom. The van der Waals surface area contributed by atoms with Gasteiger partial charge >= 0.3 is 5.97 Å². The van der Waals surface area contributed by atoms with Crippen molar-refractivity contribution in [3.05, 3.63) is 59.1 Å². The average molecular weight is 348 g/mol. The van der Waals surface area contributed by atoms with Crippen LogP contribution in [0.3, 0.4) is 0 Å². The smallest absolute Gasteiger partial charge is 0.311 e. The van der Waals surface area contributed by atoms with E-state index in [0.29, 0.717) is 16.5 Å². The van der Waals surface area contributed by atoms with Crippen LogP contribution in [-0.4, -0.2) is 25.1 Å². The third kappa shape index (κ3) is 5.28. The number of methoxy groups -OCH3 is 1. The molecule has 0 aliphatic heterocycles. The highest BCUT2D eigenvalue weighted by atomic mass is 35.5. The normalized spacial score (nSPS) is 11.5. The number of hydrogen-bond donors (Lipinski definition) is 1. The number of halogens is 1. The van der Waals surface area contributed by atoms with E-state index in [9.17, 15) is 9.59 Å². The van der Waals surface area contributed by atoms with E-state index in [1.165, 1.54) is 6.92 Å². The van der Waals surface area contributed by atoms with Crippen LogP contribution in [0, 0.1) is 0 Å². The summed E-state index contributed by atoms with van der Waals surface area (Å²) in [6, 6.07) is 13.8. The van der Waals surface area contributed by atoms with E-state index >= 15 is 0 Å². The van der Waals surface area contributed by atoms with Crippen molar-refractivity contribution in [2.45, 2.75) is 19.4 Å². The van der Waals surface area contributed by atoms with Gasteiger partial charge in [-0.1, -0.05) is 23.7 Å². The summed E-state index contributed by atoms with van der Waals surface area (Å²) in [4.78, 5) is 24.0.